The van der Waals surface area contributed by atoms with Crippen molar-refractivity contribution in [1.29, 1.82) is 0 Å². The second-order valence-electron chi connectivity index (χ2n) is 3.77. The minimum absolute atomic E-state index is 0.844. The zero-order chi connectivity index (χ0) is 11.4. The number of thiazole rings is 1. The molecule has 0 aliphatic rings. The van der Waals surface area contributed by atoms with Gasteiger partial charge in [-0.15, -0.1) is 11.3 Å². The van der Waals surface area contributed by atoms with E-state index < -0.39 is 0 Å². The molecule has 0 saturated carbocycles. The molecule has 0 bridgehead atoms. The average molecular weight is 236 g/mol. The molecule has 0 aliphatic heterocycles. The Labute approximate surface area is 99.3 Å². The first kappa shape index (κ1) is 11.3. The lowest BCUT2D eigenvalue weighted by Crippen LogP contribution is -2.17. The Bertz CT molecular complexity index is 404. The van der Waals surface area contributed by atoms with Crippen molar-refractivity contribution in [3.8, 4) is 0 Å². The van der Waals surface area contributed by atoms with Crippen molar-refractivity contribution < 1.29 is 0 Å². The van der Waals surface area contributed by atoms with Crippen LogP contribution < -0.4 is 5.32 Å². The number of hydrogen-bond acceptors (Lipinski definition) is 4. The summed E-state index contributed by atoms with van der Waals surface area (Å²) in [6, 6.07) is 2.05. The first-order valence-corrected chi connectivity index (χ1v) is 6.22. The number of nitrogens with zero attached hydrogens (tertiary/aromatic N) is 3. The quantitative estimate of drug-likeness (QED) is 0.800. The van der Waals surface area contributed by atoms with Crippen molar-refractivity contribution in [1.82, 2.24) is 20.1 Å². The number of nitrogens with one attached hydrogen (secondary N) is 1. The standard InChI is InChI=1S/C11H16N4S/c1-9-13-11(8-16-9)7-12-5-3-10-4-6-15(2)14-10/h4,6,8,12H,3,5,7H2,1-2H3. The highest BCUT2D eigenvalue weighted by atomic mass is 32.1. The molecule has 0 fully saturated rings. The third kappa shape index (κ3) is 3.15. The lowest BCUT2D eigenvalue weighted by Gasteiger charge is -2.00. The van der Waals surface area contributed by atoms with E-state index in [1.54, 1.807) is 11.3 Å². The molecule has 0 atom stereocenters. The number of rotatable bonds is 5. The van der Waals surface area contributed by atoms with Crippen LogP contribution in [-0.2, 0) is 20.0 Å². The lowest BCUT2D eigenvalue weighted by molar-refractivity contribution is 0.658. The third-order valence-corrected chi connectivity index (χ3v) is 3.12. The highest BCUT2D eigenvalue weighted by Crippen LogP contribution is 2.07. The van der Waals surface area contributed by atoms with Crippen molar-refractivity contribution in [2.24, 2.45) is 7.05 Å². The normalized spacial score (nSPS) is 10.9. The van der Waals surface area contributed by atoms with Crippen LogP contribution >= 0.6 is 11.3 Å². The van der Waals surface area contributed by atoms with Gasteiger partial charge in [0.25, 0.3) is 0 Å². The van der Waals surface area contributed by atoms with Gasteiger partial charge in [0.05, 0.1) is 16.4 Å². The maximum atomic E-state index is 4.40. The maximum absolute atomic E-state index is 4.40. The van der Waals surface area contributed by atoms with E-state index in [9.17, 15) is 0 Å². The van der Waals surface area contributed by atoms with Crippen LogP contribution in [0, 0.1) is 6.92 Å². The van der Waals surface area contributed by atoms with Crippen LogP contribution in [0.25, 0.3) is 0 Å². The van der Waals surface area contributed by atoms with Crippen molar-refractivity contribution in [2.75, 3.05) is 6.54 Å². The SMILES string of the molecule is Cc1nc(CNCCc2ccn(C)n2)cs1. The molecule has 0 saturated heterocycles. The molecule has 4 nitrogen and oxygen atoms in total. The molecular formula is C11H16N4S. The summed E-state index contributed by atoms with van der Waals surface area (Å²) in [5, 5.41) is 10.9. The summed E-state index contributed by atoms with van der Waals surface area (Å²) in [5.41, 5.74) is 2.26. The van der Waals surface area contributed by atoms with E-state index in [4.69, 9.17) is 0 Å². The van der Waals surface area contributed by atoms with Gasteiger partial charge in [-0.25, -0.2) is 4.98 Å². The zero-order valence-corrected chi connectivity index (χ0v) is 10.4. The predicted molar refractivity (Wildman–Crippen MR) is 65.5 cm³/mol. The van der Waals surface area contributed by atoms with Crippen LogP contribution in [0.5, 0.6) is 0 Å². The predicted octanol–water partition coefficient (Wildman–Crippen LogP) is 1.52. The molecule has 2 aromatic rings. The summed E-state index contributed by atoms with van der Waals surface area (Å²) in [4.78, 5) is 4.40. The first-order chi connectivity index (χ1) is 7.74. The average Bonchev–Trinajstić information content (AvgIpc) is 2.83. The van der Waals surface area contributed by atoms with E-state index in [0.29, 0.717) is 0 Å². The Morgan fingerprint density at radius 3 is 2.94 bits per heavy atom. The molecule has 0 aliphatic carbocycles. The minimum atomic E-state index is 0.844. The highest BCUT2D eigenvalue weighted by molar-refractivity contribution is 7.09. The Kier molecular flexibility index (Phi) is 3.69. The molecule has 2 heterocycles. The van der Waals surface area contributed by atoms with Crippen LogP contribution in [0.3, 0.4) is 0 Å². The number of aromatic nitrogens is 3. The zero-order valence-electron chi connectivity index (χ0n) is 9.60. The fourth-order valence-electron chi connectivity index (χ4n) is 1.52. The van der Waals surface area contributed by atoms with Crippen LogP contribution in [0.2, 0.25) is 0 Å². The topological polar surface area (TPSA) is 42.7 Å². The molecule has 16 heavy (non-hydrogen) atoms. The molecular weight excluding hydrogens is 220 g/mol. The summed E-state index contributed by atoms with van der Waals surface area (Å²) in [6.45, 7) is 3.81. The molecule has 0 unspecified atom stereocenters. The number of hydrogen-bond donors (Lipinski definition) is 1. The molecule has 0 aromatic carbocycles. The molecule has 0 amide bonds. The first-order valence-electron chi connectivity index (χ1n) is 5.34. The van der Waals surface area contributed by atoms with E-state index in [1.807, 2.05) is 24.9 Å². The van der Waals surface area contributed by atoms with Crippen molar-refractivity contribution >= 4 is 11.3 Å². The summed E-state index contributed by atoms with van der Waals surface area (Å²) < 4.78 is 1.83. The van der Waals surface area contributed by atoms with Crippen LogP contribution in [-0.4, -0.2) is 21.3 Å². The smallest absolute Gasteiger partial charge is 0.0897 e. The van der Waals surface area contributed by atoms with Gasteiger partial charge < -0.3 is 5.32 Å². The largest absolute Gasteiger partial charge is 0.311 e. The van der Waals surface area contributed by atoms with Crippen molar-refractivity contribution in [3.63, 3.8) is 0 Å². The Morgan fingerprint density at radius 2 is 2.31 bits per heavy atom. The van der Waals surface area contributed by atoms with Gasteiger partial charge in [-0.3, -0.25) is 4.68 Å². The van der Waals surface area contributed by atoms with Gasteiger partial charge in [0.15, 0.2) is 0 Å². The molecule has 5 heteroatoms. The summed E-state index contributed by atoms with van der Waals surface area (Å²) >= 11 is 1.70. The minimum Gasteiger partial charge on any atom is -0.311 e. The maximum Gasteiger partial charge on any atom is 0.0897 e. The monoisotopic (exact) mass is 236 g/mol. The lowest BCUT2D eigenvalue weighted by atomic mass is 10.3. The van der Waals surface area contributed by atoms with E-state index in [2.05, 4.69) is 26.8 Å². The molecule has 86 valence electrons. The van der Waals surface area contributed by atoms with Gasteiger partial charge in [-0.2, -0.15) is 5.10 Å². The van der Waals surface area contributed by atoms with Crippen molar-refractivity contribution in [3.05, 3.63) is 34.0 Å². The Balaban J connectivity index is 1.69. The van der Waals surface area contributed by atoms with Gasteiger partial charge in [0, 0.05) is 38.1 Å². The molecule has 0 radical (unpaired) electrons. The fraction of sp³-hybridized carbons (Fsp3) is 0.455. The van der Waals surface area contributed by atoms with Crippen molar-refractivity contribution in [2.45, 2.75) is 19.9 Å². The second-order valence-corrected chi connectivity index (χ2v) is 4.83. The molecule has 2 aromatic heterocycles. The molecule has 1 N–H and O–H groups in total. The van der Waals surface area contributed by atoms with Crippen LogP contribution in [0.15, 0.2) is 17.6 Å². The van der Waals surface area contributed by atoms with E-state index in [1.165, 1.54) is 0 Å². The Hall–Kier alpha value is -1.20. The van der Waals surface area contributed by atoms with Gasteiger partial charge in [0.1, 0.15) is 0 Å². The Morgan fingerprint density at radius 1 is 1.44 bits per heavy atom. The number of aryl methyl sites for hydroxylation is 2. The van der Waals surface area contributed by atoms with Gasteiger partial charge in [0.2, 0.25) is 0 Å². The van der Waals surface area contributed by atoms with E-state index >= 15 is 0 Å². The van der Waals surface area contributed by atoms with Gasteiger partial charge in [-0.05, 0) is 13.0 Å². The highest BCUT2D eigenvalue weighted by Gasteiger charge is 1.99. The van der Waals surface area contributed by atoms with Crippen LogP contribution in [0.4, 0.5) is 0 Å². The second kappa shape index (κ2) is 5.23. The third-order valence-electron chi connectivity index (χ3n) is 2.30. The summed E-state index contributed by atoms with van der Waals surface area (Å²) in [6.07, 6.45) is 2.93. The van der Waals surface area contributed by atoms with Gasteiger partial charge >= 0.3 is 0 Å². The fourth-order valence-corrected chi connectivity index (χ4v) is 2.13. The summed E-state index contributed by atoms with van der Waals surface area (Å²) in [7, 11) is 1.94. The molecule has 0 spiro atoms. The van der Waals surface area contributed by atoms with E-state index in [-0.39, 0.29) is 0 Å². The summed E-state index contributed by atoms with van der Waals surface area (Å²) in [5.74, 6) is 0. The molecule has 2 rings (SSSR count). The van der Waals surface area contributed by atoms with Crippen LogP contribution in [0.1, 0.15) is 16.4 Å². The van der Waals surface area contributed by atoms with Gasteiger partial charge in [-0.1, -0.05) is 0 Å². The van der Waals surface area contributed by atoms with E-state index in [0.717, 1.165) is 35.9 Å².